The molecular formula is C31H32N4O7S. The molecule has 2 N–H and O–H groups in total. The number of furan rings is 1. The molecule has 0 aliphatic heterocycles. The Morgan fingerprint density at radius 2 is 1.58 bits per heavy atom. The summed E-state index contributed by atoms with van der Waals surface area (Å²) in [5.74, 6) is 0.759. The van der Waals surface area contributed by atoms with Gasteiger partial charge in [-0.2, -0.15) is 5.10 Å². The molecule has 12 heteroatoms. The van der Waals surface area contributed by atoms with E-state index in [0.717, 1.165) is 9.87 Å². The normalized spacial score (nSPS) is 11.2. The number of nitrogens with zero attached hydrogens (tertiary/aromatic N) is 2. The lowest BCUT2D eigenvalue weighted by atomic mass is 10.2. The SMILES string of the molecule is CCOc1ccc(N(CC(=O)N/N=C\c2ccc(OCC(=O)NCc3ccco3)cc2)S(=O)(=O)c2ccc(C)cc2)cc1. The van der Waals surface area contributed by atoms with E-state index in [-0.39, 0.29) is 24.0 Å². The molecule has 1 aromatic heterocycles. The second-order valence-corrected chi connectivity index (χ2v) is 11.1. The van der Waals surface area contributed by atoms with Crippen LogP contribution >= 0.6 is 0 Å². The minimum absolute atomic E-state index is 0.0561. The Bertz CT molecular complexity index is 1620. The van der Waals surface area contributed by atoms with E-state index in [0.29, 0.717) is 35.1 Å². The van der Waals surface area contributed by atoms with Crippen molar-refractivity contribution in [3.63, 3.8) is 0 Å². The van der Waals surface area contributed by atoms with Gasteiger partial charge >= 0.3 is 0 Å². The Morgan fingerprint density at radius 3 is 2.23 bits per heavy atom. The number of anilines is 1. The van der Waals surface area contributed by atoms with Crippen LogP contribution in [0.1, 0.15) is 23.8 Å². The fourth-order valence-corrected chi connectivity index (χ4v) is 5.24. The van der Waals surface area contributed by atoms with E-state index in [1.54, 1.807) is 72.8 Å². The summed E-state index contributed by atoms with van der Waals surface area (Å²) >= 11 is 0. The van der Waals surface area contributed by atoms with Gasteiger partial charge in [-0.15, -0.1) is 0 Å². The van der Waals surface area contributed by atoms with Crippen molar-refractivity contribution in [2.45, 2.75) is 25.3 Å². The van der Waals surface area contributed by atoms with Crippen molar-refractivity contribution in [3.8, 4) is 11.5 Å². The largest absolute Gasteiger partial charge is 0.494 e. The summed E-state index contributed by atoms with van der Waals surface area (Å²) < 4.78 is 44.2. The second-order valence-electron chi connectivity index (χ2n) is 9.26. The quantitative estimate of drug-likeness (QED) is 0.164. The first-order chi connectivity index (χ1) is 20.7. The number of rotatable bonds is 14. The smallest absolute Gasteiger partial charge is 0.264 e. The highest BCUT2D eigenvalue weighted by molar-refractivity contribution is 7.92. The first-order valence-corrected chi connectivity index (χ1v) is 14.8. The molecule has 0 saturated heterocycles. The van der Waals surface area contributed by atoms with Gasteiger partial charge in [0, 0.05) is 0 Å². The van der Waals surface area contributed by atoms with E-state index < -0.39 is 22.5 Å². The molecule has 0 aliphatic rings. The van der Waals surface area contributed by atoms with Gasteiger partial charge in [0.15, 0.2) is 6.61 Å². The molecule has 0 fully saturated rings. The molecule has 0 saturated carbocycles. The van der Waals surface area contributed by atoms with Gasteiger partial charge in [0.2, 0.25) is 0 Å². The summed E-state index contributed by atoms with van der Waals surface area (Å²) in [7, 11) is -4.07. The van der Waals surface area contributed by atoms with Gasteiger partial charge in [-0.05, 0) is 92.2 Å². The highest BCUT2D eigenvalue weighted by atomic mass is 32.2. The zero-order chi connectivity index (χ0) is 30.7. The van der Waals surface area contributed by atoms with E-state index in [4.69, 9.17) is 13.9 Å². The maximum atomic E-state index is 13.5. The lowest BCUT2D eigenvalue weighted by molar-refractivity contribution is -0.123. The number of hydrogen-bond acceptors (Lipinski definition) is 8. The number of ether oxygens (including phenoxy) is 2. The number of nitrogens with one attached hydrogen (secondary N) is 2. The van der Waals surface area contributed by atoms with E-state index >= 15 is 0 Å². The van der Waals surface area contributed by atoms with Crippen molar-refractivity contribution >= 4 is 33.7 Å². The molecule has 4 rings (SSSR count). The predicted octanol–water partition coefficient (Wildman–Crippen LogP) is 4.03. The first kappa shape index (κ1) is 30.8. The molecule has 43 heavy (non-hydrogen) atoms. The van der Waals surface area contributed by atoms with Crippen molar-refractivity contribution in [1.29, 1.82) is 0 Å². The van der Waals surface area contributed by atoms with Crippen LogP contribution in [0.3, 0.4) is 0 Å². The van der Waals surface area contributed by atoms with Gasteiger partial charge in [0.25, 0.3) is 21.8 Å². The van der Waals surface area contributed by atoms with Crippen molar-refractivity contribution in [3.05, 3.63) is 108 Å². The molecule has 4 aromatic rings. The second kappa shape index (κ2) is 14.7. The molecule has 0 spiro atoms. The molecule has 3 aromatic carbocycles. The first-order valence-electron chi connectivity index (χ1n) is 13.4. The van der Waals surface area contributed by atoms with Crippen LogP contribution in [0, 0.1) is 6.92 Å². The monoisotopic (exact) mass is 604 g/mol. The molecule has 0 unspecified atom stereocenters. The van der Waals surface area contributed by atoms with E-state index in [2.05, 4.69) is 15.8 Å². The van der Waals surface area contributed by atoms with Gasteiger partial charge in [-0.1, -0.05) is 17.7 Å². The van der Waals surface area contributed by atoms with E-state index in [1.807, 2.05) is 13.8 Å². The Hall–Kier alpha value is -5.10. The van der Waals surface area contributed by atoms with Crippen LogP contribution in [0.25, 0.3) is 0 Å². The van der Waals surface area contributed by atoms with Crippen LogP contribution < -0.4 is 24.5 Å². The Morgan fingerprint density at radius 1 is 0.907 bits per heavy atom. The highest BCUT2D eigenvalue weighted by Crippen LogP contribution is 2.26. The van der Waals surface area contributed by atoms with E-state index in [9.17, 15) is 18.0 Å². The maximum Gasteiger partial charge on any atom is 0.264 e. The third kappa shape index (κ3) is 8.94. The van der Waals surface area contributed by atoms with Crippen molar-refractivity contribution < 1.29 is 31.9 Å². The maximum absolute atomic E-state index is 13.5. The average Bonchev–Trinajstić information content (AvgIpc) is 3.53. The minimum Gasteiger partial charge on any atom is -0.494 e. The molecule has 0 aliphatic carbocycles. The van der Waals surface area contributed by atoms with Gasteiger partial charge in [-0.25, -0.2) is 13.8 Å². The standard InChI is InChI=1S/C31H32N4O7S/c1-3-40-26-14-10-25(11-15-26)35(43(38,39)29-16-6-23(2)7-17-29)21-30(36)34-33-19-24-8-12-27(13-9-24)42-22-31(37)32-20-28-5-4-18-41-28/h4-19H,3,20-22H2,1-2H3,(H,32,37)(H,34,36)/b33-19-. The number of sulfonamides is 1. The molecule has 0 atom stereocenters. The number of carbonyl (C=O) groups is 2. The van der Waals surface area contributed by atoms with E-state index in [1.165, 1.54) is 24.6 Å². The van der Waals surface area contributed by atoms with Crippen molar-refractivity contribution in [2.75, 3.05) is 24.1 Å². The number of hydrazone groups is 1. The summed E-state index contributed by atoms with van der Waals surface area (Å²) in [6.07, 6.45) is 2.94. The lowest BCUT2D eigenvalue weighted by Gasteiger charge is -2.24. The number of aryl methyl sites for hydroxylation is 1. The molecule has 0 radical (unpaired) electrons. The van der Waals surface area contributed by atoms with Gasteiger partial charge in [0.1, 0.15) is 23.8 Å². The lowest BCUT2D eigenvalue weighted by Crippen LogP contribution is -2.39. The topological polar surface area (TPSA) is 140 Å². The molecular weight excluding hydrogens is 572 g/mol. The third-order valence-electron chi connectivity index (χ3n) is 6.02. The Kier molecular flexibility index (Phi) is 10.5. The molecule has 2 amide bonds. The Labute approximate surface area is 250 Å². The molecule has 0 bridgehead atoms. The summed E-state index contributed by atoms with van der Waals surface area (Å²) in [4.78, 5) is 24.8. The predicted molar refractivity (Wildman–Crippen MR) is 162 cm³/mol. The number of carbonyl (C=O) groups excluding carboxylic acids is 2. The van der Waals surface area contributed by atoms with Crippen LogP contribution in [0.15, 0.2) is 106 Å². The zero-order valence-corrected chi connectivity index (χ0v) is 24.5. The van der Waals surface area contributed by atoms with Crippen LogP contribution in [0.2, 0.25) is 0 Å². The van der Waals surface area contributed by atoms with Crippen LogP contribution in [-0.4, -0.2) is 46.2 Å². The highest BCUT2D eigenvalue weighted by Gasteiger charge is 2.27. The van der Waals surface area contributed by atoms with Gasteiger partial charge in [0.05, 0.1) is 36.2 Å². The molecule has 1 heterocycles. The van der Waals surface area contributed by atoms with Crippen molar-refractivity contribution in [2.24, 2.45) is 5.10 Å². The van der Waals surface area contributed by atoms with Crippen molar-refractivity contribution in [1.82, 2.24) is 10.7 Å². The number of benzene rings is 3. The van der Waals surface area contributed by atoms with Crippen LogP contribution in [0.5, 0.6) is 11.5 Å². The fraction of sp³-hybridized carbons (Fsp3) is 0.194. The molecule has 11 nitrogen and oxygen atoms in total. The molecule has 224 valence electrons. The average molecular weight is 605 g/mol. The fourth-order valence-electron chi connectivity index (χ4n) is 3.82. The van der Waals surface area contributed by atoms with Crippen LogP contribution in [-0.2, 0) is 26.2 Å². The zero-order valence-electron chi connectivity index (χ0n) is 23.7. The number of hydrogen-bond donors (Lipinski definition) is 2. The van der Waals surface area contributed by atoms with Gasteiger partial charge in [-0.3, -0.25) is 13.9 Å². The summed E-state index contributed by atoms with van der Waals surface area (Å²) in [6, 6.07) is 23.1. The summed E-state index contributed by atoms with van der Waals surface area (Å²) in [5, 5.41) is 6.66. The van der Waals surface area contributed by atoms with Gasteiger partial charge < -0.3 is 19.2 Å². The Balaban J connectivity index is 1.35. The number of amides is 2. The van der Waals surface area contributed by atoms with Crippen LogP contribution in [0.4, 0.5) is 5.69 Å². The summed E-state index contributed by atoms with van der Waals surface area (Å²) in [6.45, 7) is 3.77. The summed E-state index contributed by atoms with van der Waals surface area (Å²) in [5.41, 5.74) is 4.23. The minimum atomic E-state index is -4.07. The third-order valence-corrected chi connectivity index (χ3v) is 7.81.